The van der Waals surface area contributed by atoms with Crippen LogP contribution in [0.4, 0.5) is 15.9 Å². The highest BCUT2D eigenvalue weighted by atomic mass is 32.1. The first-order valence-electron chi connectivity index (χ1n) is 10.8. The van der Waals surface area contributed by atoms with E-state index in [2.05, 4.69) is 9.88 Å². The van der Waals surface area contributed by atoms with E-state index < -0.39 is 11.5 Å². The minimum atomic E-state index is -1.08. The topological polar surface area (TPSA) is 70.4 Å². The van der Waals surface area contributed by atoms with Gasteiger partial charge >= 0.3 is 0 Å². The summed E-state index contributed by atoms with van der Waals surface area (Å²) in [5.41, 5.74) is 3.03. The summed E-state index contributed by atoms with van der Waals surface area (Å²) in [6.07, 6.45) is -1.08. The first kappa shape index (κ1) is 24.8. The number of rotatable bonds is 4. The maximum atomic E-state index is 13.5. The third-order valence-electron chi connectivity index (χ3n) is 5.77. The van der Waals surface area contributed by atoms with Crippen LogP contribution in [0.5, 0.6) is 0 Å². The van der Waals surface area contributed by atoms with Gasteiger partial charge in [-0.25, -0.2) is 9.37 Å². The summed E-state index contributed by atoms with van der Waals surface area (Å²) in [7, 11) is 0. The van der Waals surface area contributed by atoms with Crippen molar-refractivity contribution < 1.29 is 14.3 Å². The van der Waals surface area contributed by atoms with Crippen molar-refractivity contribution >= 4 is 30.9 Å². The summed E-state index contributed by atoms with van der Waals surface area (Å²) in [6, 6.07) is 14.3. The van der Waals surface area contributed by atoms with Crippen LogP contribution >= 0.6 is 13.5 Å². The number of halogens is 1. The Hall–Kier alpha value is -2.84. The molecule has 3 aromatic rings. The maximum absolute atomic E-state index is 13.5. The Balaban J connectivity index is 0.00000306. The lowest BCUT2D eigenvalue weighted by molar-refractivity contribution is -0.147. The van der Waals surface area contributed by atoms with E-state index in [0.29, 0.717) is 25.3 Å². The van der Waals surface area contributed by atoms with Crippen molar-refractivity contribution in [3.05, 3.63) is 65.7 Å². The van der Waals surface area contributed by atoms with Crippen molar-refractivity contribution in [2.75, 3.05) is 11.9 Å². The van der Waals surface area contributed by atoms with E-state index in [1.807, 2.05) is 52.0 Å². The molecule has 176 valence electrons. The van der Waals surface area contributed by atoms with E-state index in [4.69, 9.17) is 4.98 Å². The number of hydrogen-bond acceptors (Lipinski definition) is 4. The van der Waals surface area contributed by atoms with E-state index in [0.717, 1.165) is 28.5 Å². The molecule has 1 aliphatic heterocycles. The lowest BCUT2D eigenvalue weighted by atomic mass is 9.88. The number of hydrogen-bond donors (Lipinski definition) is 2. The molecule has 0 unspecified atom stereocenters. The number of anilines is 2. The number of nitrogens with one attached hydrogen (secondary N) is 1. The summed E-state index contributed by atoms with van der Waals surface area (Å²) in [4.78, 5) is 19.3. The van der Waals surface area contributed by atoms with Gasteiger partial charge in [0.1, 0.15) is 29.3 Å². The zero-order valence-corrected chi connectivity index (χ0v) is 20.4. The Morgan fingerprint density at radius 2 is 1.73 bits per heavy atom. The van der Waals surface area contributed by atoms with Gasteiger partial charge in [0.05, 0.1) is 6.54 Å². The molecule has 8 heteroatoms. The summed E-state index contributed by atoms with van der Waals surface area (Å²) in [5.74, 6) is 0.931. The number of amides is 1. The van der Waals surface area contributed by atoms with Gasteiger partial charge in [0, 0.05) is 24.3 Å². The molecular formula is C25H31FN4O2S. The van der Waals surface area contributed by atoms with Gasteiger partial charge in [0.15, 0.2) is 0 Å². The quantitative estimate of drug-likeness (QED) is 0.585. The molecule has 4 rings (SSSR count). The molecule has 0 saturated carbocycles. The van der Waals surface area contributed by atoms with Gasteiger partial charge in [0.2, 0.25) is 0 Å². The third-order valence-corrected chi connectivity index (χ3v) is 5.77. The van der Waals surface area contributed by atoms with E-state index in [-0.39, 0.29) is 25.2 Å². The molecule has 0 bridgehead atoms. The molecule has 0 radical (unpaired) electrons. The van der Waals surface area contributed by atoms with Crippen molar-refractivity contribution in [2.45, 2.75) is 46.9 Å². The van der Waals surface area contributed by atoms with Gasteiger partial charge in [-0.3, -0.25) is 4.79 Å². The molecule has 0 fully saturated rings. The van der Waals surface area contributed by atoms with Gasteiger partial charge in [-0.05, 0) is 48.7 Å². The number of aryl methyl sites for hydroxylation is 1. The zero-order valence-electron chi connectivity index (χ0n) is 19.4. The Kier molecular flexibility index (Phi) is 7.19. The van der Waals surface area contributed by atoms with Crippen LogP contribution < -0.4 is 5.32 Å². The molecule has 0 spiro atoms. The van der Waals surface area contributed by atoms with Crippen LogP contribution in [0.3, 0.4) is 0 Å². The SMILES string of the molecule is Cc1ccc(Nc2c(-c3ccc(F)cc3)nc3n2CCN(C(=O)[C@@H](O)C(C)(C)C)C3)cc1.S. The molecule has 0 aliphatic carbocycles. The highest BCUT2D eigenvalue weighted by Crippen LogP contribution is 2.34. The Morgan fingerprint density at radius 1 is 1.09 bits per heavy atom. The van der Waals surface area contributed by atoms with Crippen LogP contribution in [-0.4, -0.2) is 38.1 Å². The number of benzene rings is 2. The molecular weight excluding hydrogens is 439 g/mol. The van der Waals surface area contributed by atoms with Crippen LogP contribution in [0.2, 0.25) is 0 Å². The first-order valence-corrected chi connectivity index (χ1v) is 10.8. The molecule has 2 aromatic carbocycles. The standard InChI is InChI=1S/C25H29FN4O2.H2S/c1-16-5-11-19(12-6-16)27-23-21(17-7-9-18(26)10-8-17)28-20-15-29(13-14-30(20)23)24(32)22(31)25(2,3)4;/h5-12,22,27,31H,13-15H2,1-4H3;1H2/t22-;/m1./s1. The summed E-state index contributed by atoms with van der Waals surface area (Å²) >= 11 is 0. The van der Waals surface area contributed by atoms with E-state index in [1.165, 1.54) is 12.1 Å². The predicted molar refractivity (Wildman–Crippen MR) is 133 cm³/mol. The second-order valence-electron chi connectivity index (χ2n) is 9.40. The lowest BCUT2D eigenvalue weighted by Crippen LogP contribution is -2.48. The number of aliphatic hydroxyl groups is 1. The summed E-state index contributed by atoms with van der Waals surface area (Å²) < 4.78 is 15.6. The van der Waals surface area contributed by atoms with Crippen molar-refractivity contribution in [3.8, 4) is 11.3 Å². The number of imidazole rings is 1. The van der Waals surface area contributed by atoms with Crippen LogP contribution in [0.15, 0.2) is 48.5 Å². The maximum Gasteiger partial charge on any atom is 0.252 e. The molecule has 2 N–H and O–H groups in total. The third kappa shape index (κ3) is 5.23. The average molecular weight is 471 g/mol. The number of aromatic nitrogens is 2. The number of carbonyl (C=O) groups excluding carboxylic acids is 1. The van der Waals surface area contributed by atoms with Gasteiger partial charge in [-0.15, -0.1) is 0 Å². The second kappa shape index (κ2) is 9.57. The highest BCUT2D eigenvalue weighted by molar-refractivity contribution is 7.59. The van der Waals surface area contributed by atoms with Crippen LogP contribution in [-0.2, 0) is 17.9 Å². The van der Waals surface area contributed by atoms with E-state index in [9.17, 15) is 14.3 Å². The first-order chi connectivity index (χ1) is 15.1. The molecule has 6 nitrogen and oxygen atoms in total. The van der Waals surface area contributed by atoms with Gasteiger partial charge < -0.3 is 19.9 Å². The normalized spacial score (nSPS) is 14.3. The molecule has 1 aromatic heterocycles. The summed E-state index contributed by atoms with van der Waals surface area (Å²) in [6.45, 7) is 8.88. The fraction of sp³-hybridized carbons (Fsp3) is 0.360. The van der Waals surface area contributed by atoms with Gasteiger partial charge in [0.25, 0.3) is 5.91 Å². The molecule has 1 amide bonds. The van der Waals surface area contributed by atoms with Crippen molar-refractivity contribution in [3.63, 3.8) is 0 Å². The van der Waals surface area contributed by atoms with Crippen LogP contribution in [0.1, 0.15) is 32.2 Å². The van der Waals surface area contributed by atoms with Gasteiger partial charge in [-0.2, -0.15) is 13.5 Å². The van der Waals surface area contributed by atoms with Crippen molar-refractivity contribution in [1.29, 1.82) is 0 Å². The number of nitrogens with zero attached hydrogens (tertiary/aromatic N) is 3. The fourth-order valence-corrected chi connectivity index (χ4v) is 3.77. The monoisotopic (exact) mass is 470 g/mol. The Morgan fingerprint density at radius 3 is 2.33 bits per heavy atom. The largest absolute Gasteiger partial charge is 0.383 e. The lowest BCUT2D eigenvalue weighted by Gasteiger charge is -2.33. The molecule has 2 heterocycles. The average Bonchev–Trinajstić information content (AvgIpc) is 3.11. The second-order valence-corrected chi connectivity index (χ2v) is 9.40. The zero-order chi connectivity index (χ0) is 23.0. The van der Waals surface area contributed by atoms with Crippen molar-refractivity contribution in [1.82, 2.24) is 14.5 Å². The van der Waals surface area contributed by atoms with E-state index in [1.54, 1.807) is 17.0 Å². The molecule has 1 aliphatic rings. The number of aliphatic hydroxyl groups excluding tert-OH is 1. The number of fused-ring (bicyclic) bond motifs is 1. The predicted octanol–water partition coefficient (Wildman–Crippen LogP) is 4.60. The minimum Gasteiger partial charge on any atom is -0.383 e. The van der Waals surface area contributed by atoms with E-state index >= 15 is 0 Å². The number of carbonyl (C=O) groups is 1. The molecule has 33 heavy (non-hydrogen) atoms. The van der Waals surface area contributed by atoms with Gasteiger partial charge in [-0.1, -0.05) is 38.5 Å². The molecule has 0 saturated heterocycles. The minimum absolute atomic E-state index is 0. The van der Waals surface area contributed by atoms with Crippen LogP contribution in [0, 0.1) is 18.2 Å². The molecule has 1 atom stereocenters. The summed E-state index contributed by atoms with van der Waals surface area (Å²) in [5, 5.41) is 13.9. The van der Waals surface area contributed by atoms with Crippen LogP contribution in [0.25, 0.3) is 11.3 Å². The Labute approximate surface area is 200 Å². The fourth-order valence-electron chi connectivity index (χ4n) is 3.77. The highest BCUT2D eigenvalue weighted by Gasteiger charge is 2.35. The smallest absolute Gasteiger partial charge is 0.252 e. The Bertz CT molecular complexity index is 1120. The van der Waals surface area contributed by atoms with Crippen molar-refractivity contribution in [2.24, 2.45) is 5.41 Å².